The number of allylic oxidation sites excluding steroid dienone is 2. The molecule has 1 nitrogen and oxygen atoms in total. The summed E-state index contributed by atoms with van der Waals surface area (Å²) in [6, 6.07) is 0.628. The van der Waals surface area contributed by atoms with Crippen LogP contribution in [0.5, 0.6) is 0 Å². The van der Waals surface area contributed by atoms with E-state index in [4.69, 9.17) is 0 Å². The van der Waals surface area contributed by atoms with Gasteiger partial charge >= 0.3 is 0 Å². The van der Waals surface area contributed by atoms with Crippen LogP contribution in [0.4, 0.5) is 0 Å². The van der Waals surface area contributed by atoms with Gasteiger partial charge in [0.2, 0.25) is 0 Å². The van der Waals surface area contributed by atoms with E-state index in [1.165, 1.54) is 44.9 Å². The Balaban J connectivity index is 3.04. The molecule has 0 spiro atoms. The first-order valence-electron chi connectivity index (χ1n) is 6.65. The fourth-order valence-corrected chi connectivity index (χ4v) is 1.54. The van der Waals surface area contributed by atoms with Crippen molar-refractivity contribution in [2.24, 2.45) is 0 Å². The molecule has 0 amide bonds. The number of rotatable bonds is 10. The molecule has 15 heavy (non-hydrogen) atoms. The molecule has 0 aromatic rings. The molecule has 90 valence electrons. The minimum Gasteiger partial charge on any atom is -0.315 e. The molecule has 0 atom stereocenters. The van der Waals surface area contributed by atoms with Crippen molar-refractivity contribution < 1.29 is 0 Å². The highest BCUT2D eigenvalue weighted by molar-refractivity contribution is 4.81. The van der Waals surface area contributed by atoms with Crippen LogP contribution in [0.2, 0.25) is 0 Å². The smallest absolute Gasteiger partial charge is 0.00103 e. The molecule has 0 aromatic carbocycles. The van der Waals surface area contributed by atoms with Gasteiger partial charge in [0, 0.05) is 6.04 Å². The summed E-state index contributed by atoms with van der Waals surface area (Å²) >= 11 is 0. The summed E-state index contributed by atoms with van der Waals surface area (Å²) in [7, 11) is 0. The zero-order valence-corrected chi connectivity index (χ0v) is 10.9. The monoisotopic (exact) mass is 211 g/mol. The lowest BCUT2D eigenvalue weighted by atomic mass is 10.1. The van der Waals surface area contributed by atoms with Gasteiger partial charge in [0.15, 0.2) is 0 Å². The normalized spacial score (nSPS) is 11.7. The molecule has 0 fully saturated rings. The molecule has 0 aromatic heterocycles. The third-order valence-corrected chi connectivity index (χ3v) is 2.49. The van der Waals surface area contributed by atoms with Crippen molar-refractivity contribution >= 4 is 0 Å². The molecule has 0 radical (unpaired) electrons. The fourth-order valence-electron chi connectivity index (χ4n) is 1.54. The summed E-state index contributed by atoms with van der Waals surface area (Å²) in [5.74, 6) is 0. The maximum absolute atomic E-state index is 3.43. The Labute approximate surface area is 96.3 Å². The van der Waals surface area contributed by atoms with Crippen molar-refractivity contribution in [2.45, 2.75) is 71.8 Å². The molecule has 0 aliphatic rings. The maximum atomic E-state index is 3.43. The molecule has 0 bridgehead atoms. The highest BCUT2D eigenvalue weighted by Gasteiger charge is 1.89. The van der Waals surface area contributed by atoms with E-state index in [9.17, 15) is 0 Å². The molecule has 0 saturated carbocycles. The molecule has 0 aliphatic heterocycles. The molecule has 0 rings (SSSR count). The average molecular weight is 211 g/mol. The molecule has 0 heterocycles. The van der Waals surface area contributed by atoms with Crippen molar-refractivity contribution in [1.82, 2.24) is 5.32 Å². The highest BCUT2D eigenvalue weighted by Crippen LogP contribution is 2.03. The van der Waals surface area contributed by atoms with E-state index in [1.54, 1.807) is 0 Å². The van der Waals surface area contributed by atoms with Crippen LogP contribution >= 0.6 is 0 Å². The lowest BCUT2D eigenvalue weighted by Crippen LogP contribution is -2.23. The molecule has 0 saturated heterocycles. The Morgan fingerprint density at radius 3 is 2.20 bits per heavy atom. The number of hydrogen-bond donors (Lipinski definition) is 1. The fraction of sp³-hybridized carbons (Fsp3) is 0.857. The summed E-state index contributed by atoms with van der Waals surface area (Å²) in [4.78, 5) is 0. The minimum atomic E-state index is 0.628. The van der Waals surface area contributed by atoms with Gasteiger partial charge in [-0.1, -0.05) is 52.2 Å². The SMILES string of the molecule is CCCCCC/C=C/CCCNC(C)C. The van der Waals surface area contributed by atoms with E-state index in [1.807, 2.05) is 0 Å². The van der Waals surface area contributed by atoms with Crippen LogP contribution in [0.15, 0.2) is 12.2 Å². The second-order valence-electron chi connectivity index (χ2n) is 4.57. The molecule has 1 heteroatoms. The zero-order chi connectivity index (χ0) is 11.4. The summed E-state index contributed by atoms with van der Waals surface area (Å²) < 4.78 is 0. The summed E-state index contributed by atoms with van der Waals surface area (Å²) in [5.41, 5.74) is 0. The summed E-state index contributed by atoms with van der Waals surface area (Å²) in [5, 5.41) is 3.43. The molecule has 1 N–H and O–H groups in total. The zero-order valence-electron chi connectivity index (χ0n) is 10.9. The van der Waals surface area contributed by atoms with Crippen molar-refractivity contribution in [1.29, 1.82) is 0 Å². The number of unbranched alkanes of at least 4 members (excludes halogenated alkanes) is 5. The van der Waals surface area contributed by atoms with Crippen LogP contribution in [-0.2, 0) is 0 Å². The summed E-state index contributed by atoms with van der Waals surface area (Å²) in [6.45, 7) is 7.81. The Bertz CT molecular complexity index is 138. The first kappa shape index (κ1) is 14.7. The van der Waals surface area contributed by atoms with E-state index in [2.05, 4.69) is 38.2 Å². The van der Waals surface area contributed by atoms with Gasteiger partial charge in [-0.2, -0.15) is 0 Å². The predicted octanol–water partition coefficient (Wildman–Crippen LogP) is 4.29. The van der Waals surface area contributed by atoms with E-state index in [0.29, 0.717) is 6.04 Å². The van der Waals surface area contributed by atoms with Crippen molar-refractivity contribution in [2.75, 3.05) is 6.54 Å². The maximum Gasteiger partial charge on any atom is 0.00103 e. The predicted molar refractivity (Wildman–Crippen MR) is 70.3 cm³/mol. The number of nitrogens with one attached hydrogen (secondary N) is 1. The molecule has 0 unspecified atom stereocenters. The van der Waals surface area contributed by atoms with E-state index >= 15 is 0 Å². The topological polar surface area (TPSA) is 12.0 Å². The van der Waals surface area contributed by atoms with E-state index < -0.39 is 0 Å². The quantitative estimate of drug-likeness (QED) is 0.420. The Morgan fingerprint density at radius 1 is 0.933 bits per heavy atom. The third-order valence-electron chi connectivity index (χ3n) is 2.49. The Hall–Kier alpha value is -0.300. The lowest BCUT2D eigenvalue weighted by Gasteiger charge is -2.05. The van der Waals surface area contributed by atoms with Crippen molar-refractivity contribution in [3.63, 3.8) is 0 Å². The second-order valence-corrected chi connectivity index (χ2v) is 4.57. The largest absolute Gasteiger partial charge is 0.315 e. The van der Waals surface area contributed by atoms with Crippen LogP contribution in [0.25, 0.3) is 0 Å². The first-order chi connectivity index (χ1) is 7.27. The van der Waals surface area contributed by atoms with E-state index in [0.717, 1.165) is 6.54 Å². The number of hydrogen-bond acceptors (Lipinski definition) is 1. The second kappa shape index (κ2) is 11.8. The summed E-state index contributed by atoms with van der Waals surface area (Å²) in [6.07, 6.45) is 14.0. The van der Waals surface area contributed by atoms with Crippen LogP contribution in [0.1, 0.15) is 65.7 Å². The van der Waals surface area contributed by atoms with Crippen molar-refractivity contribution in [3.05, 3.63) is 12.2 Å². The Kier molecular flexibility index (Phi) is 11.5. The first-order valence-corrected chi connectivity index (χ1v) is 6.65. The van der Waals surface area contributed by atoms with Crippen LogP contribution in [-0.4, -0.2) is 12.6 Å². The van der Waals surface area contributed by atoms with Gasteiger partial charge in [0.25, 0.3) is 0 Å². The van der Waals surface area contributed by atoms with Crippen LogP contribution < -0.4 is 5.32 Å². The van der Waals surface area contributed by atoms with Crippen molar-refractivity contribution in [3.8, 4) is 0 Å². The molecule has 0 aliphatic carbocycles. The van der Waals surface area contributed by atoms with Gasteiger partial charge in [-0.25, -0.2) is 0 Å². The lowest BCUT2D eigenvalue weighted by molar-refractivity contribution is 0.573. The standard InChI is InChI=1S/C14H29N/c1-4-5-6-7-8-9-10-11-12-13-15-14(2)3/h9-10,14-15H,4-8,11-13H2,1-3H3/b10-9+. The van der Waals surface area contributed by atoms with Gasteiger partial charge < -0.3 is 5.32 Å². The average Bonchev–Trinajstić information content (AvgIpc) is 2.20. The van der Waals surface area contributed by atoms with Crippen LogP contribution in [0.3, 0.4) is 0 Å². The minimum absolute atomic E-state index is 0.628. The Morgan fingerprint density at radius 2 is 1.60 bits per heavy atom. The van der Waals surface area contributed by atoms with Gasteiger partial charge in [-0.3, -0.25) is 0 Å². The van der Waals surface area contributed by atoms with Gasteiger partial charge in [-0.15, -0.1) is 0 Å². The van der Waals surface area contributed by atoms with Gasteiger partial charge in [0.1, 0.15) is 0 Å². The highest BCUT2D eigenvalue weighted by atomic mass is 14.9. The third kappa shape index (κ3) is 13.7. The van der Waals surface area contributed by atoms with Gasteiger partial charge in [-0.05, 0) is 32.2 Å². The molecular weight excluding hydrogens is 182 g/mol. The van der Waals surface area contributed by atoms with E-state index in [-0.39, 0.29) is 0 Å². The van der Waals surface area contributed by atoms with Crippen LogP contribution in [0, 0.1) is 0 Å². The van der Waals surface area contributed by atoms with Gasteiger partial charge in [0.05, 0.1) is 0 Å². The molecular formula is C14H29N.